The Morgan fingerprint density at radius 3 is 1.88 bits per heavy atom. The predicted octanol–water partition coefficient (Wildman–Crippen LogP) is 4.34. The highest BCUT2D eigenvalue weighted by atomic mass is 16.6. The lowest BCUT2D eigenvalue weighted by Crippen LogP contribution is -2.60. The van der Waals surface area contributed by atoms with Gasteiger partial charge in [-0.25, -0.2) is 4.79 Å². The van der Waals surface area contributed by atoms with Crippen molar-refractivity contribution in [3.63, 3.8) is 0 Å². The zero-order valence-electron chi connectivity index (χ0n) is 19.7. The maximum absolute atomic E-state index is 12.8. The molecule has 1 saturated heterocycles. The summed E-state index contributed by atoms with van der Waals surface area (Å²) in [6, 6.07) is 19.5. The number of nitrogens with zero attached hydrogens (tertiary/aromatic N) is 1. The zero-order chi connectivity index (χ0) is 23.8. The van der Waals surface area contributed by atoms with Crippen LogP contribution in [0.15, 0.2) is 60.7 Å². The van der Waals surface area contributed by atoms with E-state index >= 15 is 0 Å². The molecule has 1 amide bonds. The second-order valence-electron chi connectivity index (χ2n) is 9.13. The summed E-state index contributed by atoms with van der Waals surface area (Å²) >= 11 is 0. The summed E-state index contributed by atoms with van der Waals surface area (Å²) in [4.78, 5) is 26.2. The molecule has 0 spiro atoms. The molecule has 0 aliphatic carbocycles. The first-order valence-electron chi connectivity index (χ1n) is 11.2. The fourth-order valence-electron chi connectivity index (χ4n) is 3.66. The second kappa shape index (κ2) is 11.3. The molecular formula is C26H33NO6. The average molecular weight is 456 g/mol. The molecule has 2 aromatic carbocycles. The minimum absolute atomic E-state index is 0.166. The molecule has 0 N–H and O–H groups in total. The van der Waals surface area contributed by atoms with Gasteiger partial charge in [0.2, 0.25) is 0 Å². The van der Waals surface area contributed by atoms with Gasteiger partial charge in [0, 0.05) is 6.92 Å². The van der Waals surface area contributed by atoms with Gasteiger partial charge in [-0.15, -0.1) is 0 Å². The van der Waals surface area contributed by atoms with Crippen molar-refractivity contribution in [1.82, 2.24) is 4.90 Å². The molecule has 0 saturated carbocycles. The summed E-state index contributed by atoms with van der Waals surface area (Å²) in [5.74, 6) is -0.443. The summed E-state index contributed by atoms with van der Waals surface area (Å²) in [5.41, 5.74) is 1.35. The summed E-state index contributed by atoms with van der Waals surface area (Å²) in [6.45, 7) is 7.89. The first kappa shape index (κ1) is 24.7. The van der Waals surface area contributed by atoms with Gasteiger partial charge in [0.25, 0.3) is 0 Å². The molecule has 1 aliphatic heterocycles. The van der Waals surface area contributed by atoms with E-state index in [4.69, 9.17) is 18.9 Å². The topological polar surface area (TPSA) is 74.3 Å². The number of likely N-dealkylation sites (tertiary alicyclic amines) is 1. The Hall–Kier alpha value is -2.90. The van der Waals surface area contributed by atoms with Gasteiger partial charge < -0.3 is 23.8 Å². The number of benzene rings is 2. The van der Waals surface area contributed by atoms with E-state index in [0.717, 1.165) is 11.1 Å². The molecule has 178 valence electrons. The van der Waals surface area contributed by atoms with Crippen LogP contribution in [0.5, 0.6) is 0 Å². The lowest BCUT2D eigenvalue weighted by Gasteiger charge is -2.42. The fourth-order valence-corrected chi connectivity index (χ4v) is 3.66. The van der Waals surface area contributed by atoms with Crippen LogP contribution in [0, 0.1) is 0 Å². The largest absolute Gasteiger partial charge is 0.458 e. The summed E-state index contributed by atoms with van der Waals surface area (Å²) < 4.78 is 23.6. The summed E-state index contributed by atoms with van der Waals surface area (Å²) in [5, 5.41) is 0. The van der Waals surface area contributed by atoms with Crippen molar-refractivity contribution in [2.75, 3.05) is 13.1 Å². The lowest BCUT2D eigenvalue weighted by molar-refractivity contribution is -0.187. The average Bonchev–Trinajstić information content (AvgIpc) is 2.76. The number of carbonyl (C=O) groups is 2. The second-order valence-corrected chi connectivity index (χ2v) is 9.13. The van der Waals surface area contributed by atoms with E-state index in [0.29, 0.717) is 13.2 Å². The molecule has 2 aromatic rings. The van der Waals surface area contributed by atoms with Crippen LogP contribution in [0.4, 0.5) is 4.79 Å². The van der Waals surface area contributed by atoms with Gasteiger partial charge in [0.15, 0.2) is 0 Å². The van der Waals surface area contributed by atoms with Crippen molar-refractivity contribution < 1.29 is 28.5 Å². The standard InChI is InChI=1S/C26H33NO6/c1-19(28)32-23-16-27(25(29)33-26(2,3)4)15-22(30-17-20-11-7-5-8-12-20)24(23)31-18-21-13-9-6-10-14-21/h5-14,22-24H,15-18H2,1-4H3/t22-,23+,24-/m1/s1. The molecule has 1 aliphatic rings. The minimum Gasteiger partial charge on any atom is -0.458 e. The number of esters is 1. The number of carbonyl (C=O) groups excluding carboxylic acids is 2. The van der Waals surface area contributed by atoms with Gasteiger partial charge in [0.1, 0.15) is 23.9 Å². The van der Waals surface area contributed by atoms with E-state index in [1.807, 2.05) is 81.4 Å². The van der Waals surface area contributed by atoms with Crippen LogP contribution in [0.2, 0.25) is 0 Å². The maximum atomic E-state index is 12.8. The lowest BCUT2D eigenvalue weighted by atomic mass is 10.0. The third kappa shape index (κ3) is 7.87. The van der Waals surface area contributed by atoms with Crippen LogP contribution in [0.25, 0.3) is 0 Å². The molecular weight excluding hydrogens is 422 g/mol. The van der Waals surface area contributed by atoms with E-state index in [9.17, 15) is 9.59 Å². The molecule has 33 heavy (non-hydrogen) atoms. The first-order valence-corrected chi connectivity index (χ1v) is 11.2. The van der Waals surface area contributed by atoms with Gasteiger partial charge >= 0.3 is 12.1 Å². The van der Waals surface area contributed by atoms with Crippen molar-refractivity contribution in [2.45, 2.75) is 64.8 Å². The van der Waals surface area contributed by atoms with Gasteiger partial charge in [-0.1, -0.05) is 60.7 Å². The van der Waals surface area contributed by atoms with E-state index in [2.05, 4.69) is 0 Å². The van der Waals surface area contributed by atoms with Crippen molar-refractivity contribution in [2.24, 2.45) is 0 Å². The smallest absolute Gasteiger partial charge is 0.410 e. The van der Waals surface area contributed by atoms with Crippen LogP contribution < -0.4 is 0 Å². The summed E-state index contributed by atoms with van der Waals surface area (Å²) in [7, 11) is 0. The highest BCUT2D eigenvalue weighted by molar-refractivity contribution is 5.69. The van der Waals surface area contributed by atoms with Crippen LogP contribution in [0.3, 0.4) is 0 Å². The molecule has 0 radical (unpaired) electrons. The Bertz CT molecular complexity index is 896. The fraction of sp³-hybridized carbons (Fsp3) is 0.462. The van der Waals surface area contributed by atoms with Crippen LogP contribution >= 0.6 is 0 Å². The van der Waals surface area contributed by atoms with Crippen LogP contribution in [0.1, 0.15) is 38.8 Å². The third-order valence-electron chi connectivity index (χ3n) is 5.09. The normalized spacial score (nSPS) is 20.8. The quantitative estimate of drug-likeness (QED) is 0.578. The van der Waals surface area contributed by atoms with Gasteiger partial charge in [-0.05, 0) is 31.9 Å². The van der Waals surface area contributed by atoms with E-state index in [1.54, 1.807) is 0 Å². The predicted molar refractivity (Wildman–Crippen MR) is 123 cm³/mol. The Balaban J connectivity index is 1.80. The van der Waals surface area contributed by atoms with E-state index in [1.165, 1.54) is 11.8 Å². The molecule has 3 atom stereocenters. The number of rotatable bonds is 7. The zero-order valence-corrected chi connectivity index (χ0v) is 19.7. The van der Waals surface area contributed by atoms with Gasteiger partial charge in [0.05, 0.1) is 26.3 Å². The molecule has 3 rings (SSSR count). The van der Waals surface area contributed by atoms with Gasteiger partial charge in [-0.2, -0.15) is 0 Å². The Morgan fingerprint density at radius 2 is 1.36 bits per heavy atom. The molecule has 7 nitrogen and oxygen atoms in total. The minimum atomic E-state index is -0.687. The first-order chi connectivity index (χ1) is 15.7. The Morgan fingerprint density at radius 1 is 0.848 bits per heavy atom. The third-order valence-corrected chi connectivity index (χ3v) is 5.09. The molecule has 0 aromatic heterocycles. The summed E-state index contributed by atoms with van der Waals surface area (Å²) in [6.07, 6.45) is -2.22. The van der Waals surface area contributed by atoms with Crippen molar-refractivity contribution in [3.05, 3.63) is 71.8 Å². The monoisotopic (exact) mass is 455 g/mol. The Kier molecular flexibility index (Phi) is 8.47. The van der Waals surface area contributed by atoms with Crippen molar-refractivity contribution in [1.29, 1.82) is 0 Å². The molecule has 1 heterocycles. The van der Waals surface area contributed by atoms with Crippen LogP contribution in [-0.4, -0.2) is 54.0 Å². The Labute approximate surface area is 195 Å². The van der Waals surface area contributed by atoms with Crippen LogP contribution in [-0.2, 0) is 37.0 Å². The van der Waals surface area contributed by atoms with Crippen molar-refractivity contribution >= 4 is 12.1 Å². The highest BCUT2D eigenvalue weighted by Crippen LogP contribution is 2.25. The molecule has 0 bridgehead atoms. The maximum Gasteiger partial charge on any atom is 0.410 e. The molecule has 0 unspecified atom stereocenters. The number of hydrogen-bond acceptors (Lipinski definition) is 6. The SMILES string of the molecule is CC(=O)O[C@H]1CN(C(=O)OC(C)(C)C)C[C@@H](OCc2ccccc2)[C@H]1OCc1ccccc1. The number of amides is 1. The molecule has 1 fully saturated rings. The van der Waals surface area contributed by atoms with Gasteiger partial charge in [-0.3, -0.25) is 4.79 Å². The number of piperidine rings is 1. The van der Waals surface area contributed by atoms with E-state index < -0.39 is 36.0 Å². The highest BCUT2D eigenvalue weighted by Gasteiger charge is 2.43. The molecule has 7 heteroatoms. The number of hydrogen-bond donors (Lipinski definition) is 0. The van der Waals surface area contributed by atoms with E-state index in [-0.39, 0.29) is 13.1 Å². The van der Waals surface area contributed by atoms with Crippen molar-refractivity contribution in [3.8, 4) is 0 Å². The number of ether oxygens (including phenoxy) is 4.